The molecule has 0 spiro atoms. The molecule has 7 unspecified atom stereocenters. The van der Waals surface area contributed by atoms with Crippen molar-refractivity contribution in [2.24, 2.45) is 0 Å². The summed E-state index contributed by atoms with van der Waals surface area (Å²) in [5.41, 5.74) is 0. The van der Waals surface area contributed by atoms with Crippen LogP contribution in [0.15, 0.2) is 0 Å². The van der Waals surface area contributed by atoms with E-state index >= 15 is 0 Å². The molecule has 3 heterocycles. The Morgan fingerprint density at radius 3 is 1.75 bits per heavy atom. The third kappa shape index (κ3) is 16.0. The van der Waals surface area contributed by atoms with Crippen molar-refractivity contribution in [2.45, 2.75) is 92.1 Å². The van der Waals surface area contributed by atoms with Gasteiger partial charge in [-0.15, -0.1) is 0 Å². The summed E-state index contributed by atoms with van der Waals surface area (Å²) in [4.78, 5) is 12.1. The second kappa shape index (κ2) is 23.4. The van der Waals surface area contributed by atoms with Gasteiger partial charge in [0.25, 0.3) is 0 Å². The number of hydrogen-bond acceptors (Lipinski definition) is 25. The molecule has 0 aromatic rings. The van der Waals surface area contributed by atoms with Crippen LogP contribution in [0.25, 0.3) is 0 Å². The minimum Gasteiger partial charge on any atom is -0.735 e. The van der Waals surface area contributed by atoms with Crippen LogP contribution in [0.4, 0.5) is 0 Å². The standard InChI is InChI=1S/C19H33NO25S3.4Na/c1-38-12-5(3-40-47(32,33)34)42-18(6(8(12)22)20-46(29,30)31)43-13-11(25)14(45-48(35,36)37)19(44-15(13)16(26)27)39-2-4-7(21)9(23)10(24)17(28)41-4;;;;/h4-15,17-25,28H,2-3H2,1H3,(H,26,27)(H,29,30,31)(H,32,33,34)(H,35,36,37);;;;/q;4*+1/p-4/t4?,5?,6?,7-,8+,9-,10?,11-,12+,13+,14?,15?,17?,18-,19-;;;;/m1..../s1. The maximum atomic E-state index is 12.1. The van der Waals surface area contributed by atoms with Crippen LogP contribution in [0.3, 0.4) is 0 Å². The Bertz CT molecular complexity index is 1450. The predicted molar refractivity (Wildman–Crippen MR) is 132 cm³/mol. The molecule has 3 fully saturated rings. The minimum absolute atomic E-state index is 0. The molecule has 3 aliphatic heterocycles. The number of aliphatic hydroxyl groups is 6. The summed E-state index contributed by atoms with van der Waals surface area (Å²) < 4.78 is 142. The summed E-state index contributed by atoms with van der Waals surface area (Å²) in [6, 6.07) is -2.30. The van der Waals surface area contributed by atoms with Gasteiger partial charge in [0.05, 0.1) is 19.2 Å². The van der Waals surface area contributed by atoms with Gasteiger partial charge >= 0.3 is 118 Å². The van der Waals surface area contributed by atoms with E-state index in [-0.39, 0.29) is 118 Å². The van der Waals surface area contributed by atoms with E-state index in [1.807, 2.05) is 0 Å². The van der Waals surface area contributed by atoms with E-state index in [4.69, 9.17) is 28.4 Å². The van der Waals surface area contributed by atoms with Gasteiger partial charge in [0.2, 0.25) is 20.8 Å². The van der Waals surface area contributed by atoms with Gasteiger partial charge in [0.1, 0.15) is 67.1 Å². The van der Waals surface area contributed by atoms with Gasteiger partial charge in [-0.25, -0.2) is 30.0 Å². The smallest absolute Gasteiger partial charge is 0.735 e. The molecule has 0 aromatic carbocycles. The predicted octanol–water partition coefficient (Wildman–Crippen LogP) is -22.1. The number of nitrogens with one attached hydrogen (secondary N) is 1. The van der Waals surface area contributed by atoms with E-state index in [0.29, 0.717) is 0 Å². The molecule has 0 bridgehead atoms. The summed E-state index contributed by atoms with van der Waals surface area (Å²) in [6.07, 6.45) is -31.3. The van der Waals surface area contributed by atoms with Crippen LogP contribution in [0.5, 0.6) is 0 Å². The molecule has 26 nitrogen and oxygen atoms in total. The van der Waals surface area contributed by atoms with Crippen LogP contribution < -0.4 is 128 Å². The molecule has 3 rings (SSSR count). The molecule has 33 heteroatoms. The number of methoxy groups -OCH3 is 1. The number of carbonyl (C=O) groups excluding carboxylic acids is 1. The summed E-state index contributed by atoms with van der Waals surface area (Å²) in [5, 5.41) is 73.0. The molecule has 0 amide bonds. The first kappa shape index (κ1) is 56.7. The van der Waals surface area contributed by atoms with Gasteiger partial charge in [-0.05, 0) is 0 Å². The van der Waals surface area contributed by atoms with Gasteiger partial charge in [-0.3, -0.25) is 8.37 Å². The molecular weight excluding hydrogens is 830 g/mol. The van der Waals surface area contributed by atoms with Crippen LogP contribution in [-0.2, 0) is 72.7 Å². The van der Waals surface area contributed by atoms with Crippen LogP contribution >= 0.6 is 0 Å². The van der Waals surface area contributed by atoms with E-state index in [1.54, 1.807) is 0 Å². The van der Waals surface area contributed by atoms with Crippen molar-refractivity contribution in [2.75, 3.05) is 20.3 Å². The monoisotopic (exact) mass is 859 g/mol. The van der Waals surface area contributed by atoms with Crippen molar-refractivity contribution in [3.8, 4) is 0 Å². The summed E-state index contributed by atoms with van der Waals surface area (Å²) in [6.45, 7) is -2.32. The first-order valence-electron chi connectivity index (χ1n) is 13.0. The molecule has 7 N–H and O–H groups in total. The Kier molecular flexibility index (Phi) is 25.5. The van der Waals surface area contributed by atoms with Gasteiger partial charge < -0.3 is 82.6 Å². The summed E-state index contributed by atoms with van der Waals surface area (Å²) in [7, 11) is -16.0. The molecule has 3 aliphatic rings. The van der Waals surface area contributed by atoms with Crippen molar-refractivity contribution in [1.29, 1.82) is 0 Å². The molecule has 3 saturated heterocycles. The first-order chi connectivity index (χ1) is 21.9. The van der Waals surface area contributed by atoms with Crippen molar-refractivity contribution >= 4 is 37.1 Å². The zero-order valence-electron chi connectivity index (χ0n) is 27.7. The van der Waals surface area contributed by atoms with Crippen molar-refractivity contribution in [3.05, 3.63) is 0 Å². The summed E-state index contributed by atoms with van der Waals surface area (Å²) in [5.74, 6) is -2.30. The number of rotatable bonds is 14. The average Bonchev–Trinajstić information content (AvgIpc) is 2.94. The second-order valence-corrected chi connectivity index (χ2v) is 13.4. The Hall–Kier alpha value is 2.60. The maximum absolute atomic E-state index is 12.1. The van der Waals surface area contributed by atoms with Crippen LogP contribution in [0, 0.1) is 0 Å². The molecule has 0 radical (unpaired) electrons. The molecule has 0 aromatic heterocycles. The zero-order valence-corrected chi connectivity index (χ0v) is 38.2. The second-order valence-electron chi connectivity index (χ2n) is 10.2. The third-order valence-electron chi connectivity index (χ3n) is 6.99. The number of carbonyl (C=O) groups is 1. The SMILES string of the molecule is CO[C@H]1C(COS(=O)(=O)[O-])O[C@H](O[C@@H]2C(C(=O)[O-])O[C@@H](OCC3OC(O)C(O)[C@H](O)[C@@H]3O)C(OS(=O)(=O)[O-])[C@@H]2O)C(NS(=O)(=O)[O-])[C@@H]1O.[Na+].[Na+].[Na+].[Na+]. The molecule has 52 heavy (non-hydrogen) atoms. The molecule has 0 saturated carbocycles. The maximum Gasteiger partial charge on any atom is 1.00 e. The zero-order chi connectivity index (χ0) is 36.5. The number of ether oxygens (including phenoxy) is 6. The fraction of sp³-hybridized carbons (Fsp3) is 0.947. The van der Waals surface area contributed by atoms with E-state index in [0.717, 1.165) is 7.11 Å². The number of carboxylic acids is 1. The Labute approximate surface area is 384 Å². The minimum atomic E-state index is -5.85. The van der Waals surface area contributed by atoms with E-state index in [9.17, 15) is 79.5 Å². The van der Waals surface area contributed by atoms with E-state index in [1.165, 1.54) is 4.72 Å². The van der Waals surface area contributed by atoms with Crippen LogP contribution in [0.2, 0.25) is 0 Å². The molecule has 0 aliphatic carbocycles. The van der Waals surface area contributed by atoms with Crippen molar-refractivity contribution in [1.82, 2.24) is 4.72 Å². The van der Waals surface area contributed by atoms with Crippen LogP contribution in [0.1, 0.15) is 0 Å². The Balaban J connectivity index is 0. The molecular formula is C19H29NNa4O25S3. The summed E-state index contributed by atoms with van der Waals surface area (Å²) >= 11 is 0. The van der Waals surface area contributed by atoms with Gasteiger partial charge in [0, 0.05) is 7.11 Å². The topological polar surface area (TPSA) is 419 Å². The Morgan fingerprint density at radius 2 is 1.27 bits per heavy atom. The van der Waals surface area contributed by atoms with Crippen molar-refractivity contribution in [3.63, 3.8) is 0 Å². The quantitative estimate of drug-likeness (QED) is 0.0484. The average molecular weight is 860 g/mol. The molecule has 15 atom stereocenters. The van der Waals surface area contributed by atoms with Gasteiger partial charge in [-0.2, -0.15) is 0 Å². The Morgan fingerprint density at radius 1 is 0.692 bits per heavy atom. The van der Waals surface area contributed by atoms with Crippen molar-refractivity contribution < 1.29 is 234 Å². The fourth-order valence-corrected chi connectivity index (χ4v) is 6.22. The normalized spacial score (nSPS) is 38.4. The van der Waals surface area contributed by atoms with Gasteiger partial charge in [0.15, 0.2) is 35.3 Å². The first-order valence-corrected chi connectivity index (χ1v) is 17.0. The van der Waals surface area contributed by atoms with Crippen LogP contribution in [-0.4, -0.2) is 188 Å². The molecule has 282 valence electrons. The van der Waals surface area contributed by atoms with Gasteiger partial charge in [-0.1, -0.05) is 0 Å². The third-order valence-corrected chi connectivity index (χ3v) is 8.43. The largest absolute Gasteiger partial charge is 1.00 e. The van der Waals surface area contributed by atoms with E-state index in [2.05, 4.69) is 8.37 Å². The number of carboxylic acid groups (broad SMARTS) is 1. The fourth-order valence-electron chi connectivity index (χ4n) is 4.86. The number of hydrogen-bond donors (Lipinski definition) is 7. The number of aliphatic carboxylic acids is 1. The van der Waals surface area contributed by atoms with E-state index < -0.39 is 142 Å². The number of aliphatic hydroxyl groups excluding tert-OH is 6.